The number of halogens is 3. The van der Waals surface area contributed by atoms with E-state index in [1.54, 1.807) is 7.11 Å². The van der Waals surface area contributed by atoms with Gasteiger partial charge in [-0.3, -0.25) is 4.79 Å². The van der Waals surface area contributed by atoms with Crippen LogP contribution >= 0.6 is 0 Å². The molecule has 1 amide bonds. The molecule has 1 fully saturated rings. The van der Waals surface area contributed by atoms with Crippen LogP contribution in [0.25, 0.3) is 11.0 Å². The Hall–Kier alpha value is -3.80. The molecule has 0 spiro atoms. The van der Waals surface area contributed by atoms with E-state index in [-0.39, 0.29) is 40.0 Å². The van der Waals surface area contributed by atoms with Crippen molar-refractivity contribution in [2.75, 3.05) is 58.6 Å². The number of piperidine rings is 1. The second-order valence-electron chi connectivity index (χ2n) is 10.8. The Morgan fingerprint density at radius 3 is 2.64 bits per heavy atom. The summed E-state index contributed by atoms with van der Waals surface area (Å²) in [5.74, 6) is 5.93. The molecule has 1 saturated heterocycles. The number of alkyl halides is 3. The fraction of sp³-hybridized carbons (Fsp3) is 0.467. The summed E-state index contributed by atoms with van der Waals surface area (Å²) in [4.78, 5) is 20.1. The SMILES string of the molecule is COCCN1CC[C@H](NC(=O)c2cc(C#CCNc3cc(S(C)(=O)=O)ccc3OC)cc3c2ncn3CC(F)(F)F)[C@@H](C)C1. The van der Waals surface area contributed by atoms with Crippen LogP contribution < -0.4 is 15.4 Å². The second kappa shape index (κ2) is 13.9. The number of methoxy groups -OCH3 is 2. The second-order valence-corrected chi connectivity index (χ2v) is 12.8. The lowest BCUT2D eigenvalue weighted by Gasteiger charge is -2.37. The molecule has 2 atom stereocenters. The van der Waals surface area contributed by atoms with Crippen molar-refractivity contribution in [3.63, 3.8) is 0 Å². The lowest BCUT2D eigenvalue weighted by molar-refractivity contribution is -0.139. The number of rotatable bonds is 10. The number of fused-ring (bicyclic) bond motifs is 1. The molecular formula is C30H36F3N5O5S. The van der Waals surface area contributed by atoms with Gasteiger partial charge in [0.25, 0.3) is 5.91 Å². The molecule has 10 nitrogen and oxygen atoms in total. The Morgan fingerprint density at radius 1 is 1.20 bits per heavy atom. The molecule has 0 aliphatic carbocycles. The molecule has 14 heteroatoms. The highest BCUT2D eigenvalue weighted by Gasteiger charge is 2.31. The molecule has 0 bridgehead atoms. The smallest absolute Gasteiger partial charge is 0.406 e. The Kier molecular flexibility index (Phi) is 10.4. The molecule has 4 rings (SSSR count). The zero-order valence-corrected chi connectivity index (χ0v) is 25.8. The van der Waals surface area contributed by atoms with Crippen molar-refractivity contribution in [1.82, 2.24) is 19.8 Å². The lowest BCUT2D eigenvalue weighted by atomic mass is 9.93. The first-order valence-electron chi connectivity index (χ1n) is 14.0. The molecule has 0 radical (unpaired) electrons. The minimum Gasteiger partial charge on any atom is -0.495 e. The molecule has 0 unspecified atom stereocenters. The maximum absolute atomic E-state index is 13.5. The molecule has 2 heterocycles. The van der Waals surface area contributed by atoms with Crippen LogP contribution in [0.15, 0.2) is 41.6 Å². The number of nitrogens with zero attached hydrogens (tertiary/aromatic N) is 3. The zero-order chi connectivity index (χ0) is 32.1. The van der Waals surface area contributed by atoms with Gasteiger partial charge in [-0.25, -0.2) is 13.4 Å². The summed E-state index contributed by atoms with van der Waals surface area (Å²) in [6.07, 6.45) is -1.60. The van der Waals surface area contributed by atoms with Gasteiger partial charge in [0.2, 0.25) is 0 Å². The van der Waals surface area contributed by atoms with Crippen molar-refractivity contribution in [2.45, 2.75) is 37.0 Å². The normalized spacial score (nSPS) is 17.6. The number of benzene rings is 2. The third-order valence-corrected chi connectivity index (χ3v) is 8.55. The highest BCUT2D eigenvalue weighted by Crippen LogP contribution is 2.28. The number of aromatic nitrogens is 2. The number of hydrogen-bond acceptors (Lipinski definition) is 8. The number of hydrogen-bond donors (Lipinski definition) is 2. The number of nitrogens with one attached hydrogen (secondary N) is 2. The molecule has 2 aromatic carbocycles. The average molecular weight is 636 g/mol. The van der Waals surface area contributed by atoms with E-state index in [2.05, 4.69) is 32.4 Å². The number of anilines is 1. The summed E-state index contributed by atoms with van der Waals surface area (Å²) in [5.41, 5.74) is 1.16. The number of likely N-dealkylation sites (tertiary alicyclic amines) is 1. The van der Waals surface area contributed by atoms with Crippen LogP contribution in [0.1, 0.15) is 29.3 Å². The van der Waals surface area contributed by atoms with E-state index in [1.165, 1.54) is 37.4 Å². The Labute approximate surface area is 254 Å². The third-order valence-electron chi connectivity index (χ3n) is 7.44. The molecular weight excluding hydrogens is 599 g/mol. The van der Waals surface area contributed by atoms with Gasteiger partial charge in [-0.1, -0.05) is 18.8 Å². The fourth-order valence-electron chi connectivity index (χ4n) is 5.19. The van der Waals surface area contributed by atoms with Gasteiger partial charge < -0.3 is 29.6 Å². The summed E-state index contributed by atoms with van der Waals surface area (Å²) in [7, 11) is -0.356. The van der Waals surface area contributed by atoms with Gasteiger partial charge >= 0.3 is 6.18 Å². The van der Waals surface area contributed by atoms with Crippen LogP contribution in [-0.2, 0) is 21.1 Å². The summed E-state index contributed by atoms with van der Waals surface area (Å²) in [5, 5.41) is 6.08. The summed E-state index contributed by atoms with van der Waals surface area (Å²) in [6, 6.07) is 7.27. The molecule has 0 saturated carbocycles. The molecule has 238 valence electrons. The van der Waals surface area contributed by atoms with E-state index in [0.717, 1.165) is 43.2 Å². The topological polar surface area (TPSA) is 115 Å². The van der Waals surface area contributed by atoms with E-state index in [9.17, 15) is 26.4 Å². The van der Waals surface area contributed by atoms with Gasteiger partial charge in [0.15, 0.2) is 9.84 Å². The van der Waals surface area contributed by atoms with Gasteiger partial charge in [-0.15, -0.1) is 0 Å². The highest BCUT2D eigenvalue weighted by molar-refractivity contribution is 7.90. The van der Waals surface area contributed by atoms with Gasteiger partial charge in [0.05, 0.1) is 48.3 Å². The number of imidazole rings is 1. The van der Waals surface area contributed by atoms with E-state index >= 15 is 0 Å². The van der Waals surface area contributed by atoms with Crippen LogP contribution in [0, 0.1) is 17.8 Å². The van der Waals surface area contributed by atoms with Crippen LogP contribution in [0.5, 0.6) is 5.75 Å². The van der Waals surface area contributed by atoms with Crippen molar-refractivity contribution >= 4 is 32.5 Å². The fourth-order valence-corrected chi connectivity index (χ4v) is 5.83. The minimum atomic E-state index is -4.49. The van der Waals surface area contributed by atoms with Crippen LogP contribution in [0.2, 0.25) is 0 Å². The predicted molar refractivity (Wildman–Crippen MR) is 161 cm³/mol. The molecule has 44 heavy (non-hydrogen) atoms. The molecule has 2 N–H and O–H groups in total. The van der Waals surface area contributed by atoms with Crippen LogP contribution in [-0.4, -0.2) is 94.3 Å². The van der Waals surface area contributed by atoms with Crippen molar-refractivity contribution < 1.29 is 35.9 Å². The van der Waals surface area contributed by atoms with E-state index in [4.69, 9.17) is 9.47 Å². The number of carbonyl (C=O) groups excluding carboxylic acids is 1. The largest absolute Gasteiger partial charge is 0.495 e. The Morgan fingerprint density at radius 2 is 1.98 bits per heavy atom. The molecule has 3 aromatic rings. The number of ether oxygens (including phenoxy) is 2. The average Bonchev–Trinajstić information content (AvgIpc) is 3.35. The van der Waals surface area contributed by atoms with Crippen molar-refractivity contribution in [2.24, 2.45) is 5.92 Å². The first-order valence-corrected chi connectivity index (χ1v) is 15.9. The summed E-state index contributed by atoms with van der Waals surface area (Å²) in [6.45, 7) is 3.81. The van der Waals surface area contributed by atoms with Crippen molar-refractivity contribution in [1.29, 1.82) is 0 Å². The molecule has 1 aliphatic rings. The number of sulfone groups is 1. The third kappa shape index (κ3) is 8.43. The minimum absolute atomic E-state index is 0.0596. The zero-order valence-electron chi connectivity index (χ0n) is 25.0. The summed E-state index contributed by atoms with van der Waals surface area (Å²) < 4.78 is 75.3. The van der Waals surface area contributed by atoms with Gasteiger partial charge in [0.1, 0.15) is 17.8 Å². The van der Waals surface area contributed by atoms with Gasteiger partial charge in [-0.2, -0.15) is 13.2 Å². The Balaban J connectivity index is 1.59. The van der Waals surface area contributed by atoms with Crippen LogP contribution in [0.3, 0.4) is 0 Å². The van der Waals surface area contributed by atoms with E-state index < -0.39 is 28.5 Å². The first kappa shape index (κ1) is 33.1. The lowest BCUT2D eigenvalue weighted by Crippen LogP contribution is -2.50. The first-order chi connectivity index (χ1) is 20.8. The van der Waals surface area contributed by atoms with Gasteiger partial charge in [0, 0.05) is 44.6 Å². The quantitative estimate of drug-likeness (QED) is 0.325. The predicted octanol–water partition coefficient (Wildman–Crippen LogP) is 3.56. The number of amides is 1. The molecule has 1 aromatic heterocycles. The monoisotopic (exact) mass is 635 g/mol. The van der Waals surface area contributed by atoms with Crippen molar-refractivity contribution in [3.8, 4) is 17.6 Å². The van der Waals surface area contributed by atoms with E-state index in [0.29, 0.717) is 23.6 Å². The number of carbonyl (C=O) groups is 1. The van der Waals surface area contributed by atoms with Crippen LogP contribution in [0.4, 0.5) is 18.9 Å². The highest BCUT2D eigenvalue weighted by atomic mass is 32.2. The van der Waals surface area contributed by atoms with Gasteiger partial charge in [-0.05, 0) is 42.7 Å². The van der Waals surface area contributed by atoms with Crippen molar-refractivity contribution in [3.05, 3.63) is 47.8 Å². The van der Waals surface area contributed by atoms with E-state index in [1.807, 2.05) is 6.92 Å². The molecule has 1 aliphatic heterocycles. The maximum atomic E-state index is 13.5. The summed E-state index contributed by atoms with van der Waals surface area (Å²) >= 11 is 0. The standard InChI is InChI=1S/C30H36F3N5O5S/c1-20-17-37(12-13-42-2)11-9-24(20)36-29(39)23-14-21(15-26-28(23)35-19-38(26)18-30(31,32)33)6-5-10-34-25-16-22(44(4,40)41)7-8-27(25)43-3/h7-8,14-16,19-20,24,34H,9-13,17-18H2,1-4H3,(H,36,39)/t20-,24-/m0/s1. The Bertz CT molecular complexity index is 1660. The maximum Gasteiger partial charge on any atom is 0.406 e.